The van der Waals surface area contributed by atoms with E-state index >= 15 is 0 Å². The maximum atomic E-state index is 11.4. The molecule has 232 valence electrons. The molecule has 10 heteroatoms. The van der Waals surface area contributed by atoms with E-state index in [-0.39, 0.29) is 41.9 Å². The quantitative estimate of drug-likeness (QED) is 0.498. The van der Waals surface area contributed by atoms with Crippen LogP contribution in [0.15, 0.2) is 0 Å². The van der Waals surface area contributed by atoms with Gasteiger partial charge in [-0.3, -0.25) is 19.2 Å². The predicted octanol–water partition coefficient (Wildman–Crippen LogP) is 4.07. The van der Waals surface area contributed by atoms with Crippen molar-refractivity contribution in [3.05, 3.63) is 0 Å². The van der Waals surface area contributed by atoms with Gasteiger partial charge in [-0.1, -0.05) is 27.7 Å². The predicted molar refractivity (Wildman–Crippen MR) is 154 cm³/mol. The Balaban J connectivity index is -0.000000429. The molecule has 2 heterocycles. The minimum absolute atomic E-state index is 0.00921. The second kappa shape index (κ2) is 24.8. The van der Waals surface area contributed by atoms with E-state index in [1.807, 2.05) is 51.3 Å². The number of amides is 2. The van der Waals surface area contributed by atoms with Gasteiger partial charge in [0, 0.05) is 51.0 Å². The van der Waals surface area contributed by atoms with Gasteiger partial charge in [0.05, 0.1) is 31.8 Å². The fourth-order valence-corrected chi connectivity index (χ4v) is 3.00. The lowest BCUT2D eigenvalue weighted by atomic mass is 10.2. The lowest BCUT2D eigenvalue weighted by Gasteiger charge is -2.28. The molecule has 2 fully saturated rings. The highest BCUT2D eigenvalue weighted by Crippen LogP contribution is 2.12. The number of carbonyl (C=O) groups is 4. The minimum atomic E-state index is -0.213. The Kier molecular flexibility index (Phi) is 26.3. The van der Waals surface area contributed by atoms with E-state index in [9.17, 15) is 19.2 Å². The molecule has 2 saturated heterocycles. The summed E-state index contributed by atoms with van der Waals surface area (Å²) in [4.78, 5) is 46.7. The van der Waals surface area contributed by atoms with E-state index in [0.717, 1.165) is 32.5 Å². The van der Waals surface area contributed by atoms with Gasteiger partial charge in [0.1, 0.15) is 0 Å². The molecule has 2 aliphatic heterocycles. The first-order chi connectivity index (χ1) is 18.0. The zero-order valence-corrected chi connectivity index (χ0v) is 26.7. The number of nitrogens with zero attached hydrogens (tertiary/aromatic N) is 2. The van der Waals surface area contributed by atoms with Crippen molar-refractivity contribution in [2.75, 3.05) is 39.5 Å². The summed E-state index contributed by atoms with van der Waals surface area (Å²) in [7, 11) is 0. The zero-order chi connectivity index (χ0) is 31.1. The number of carbonyl (C=O) groups excluding carboxylic acids is 4. The standard InChI is InChI=1S/C8H15NO2.C7H13NO.C6H12O2.C5H10O2.C3H8O/c1-7(2)8(10)9-3-5-11-6-4-9;1-6(2)8-5-3-4-7(8)9;1-4-8-6(7)5(2)3;1-4(2)7-5(3)6;1-3(2)4/h7H,3-6H2,1-2H3;6H,3-5H2,1-2H3;5H,4H2,1-3H3;4H,1-3H3;3-4H,1-2H3. The number of morpholine rings is 1. The molecule has 0 bridgehead atoms. The number of rotatable bonds is 5. The maximum Gasteiger partial charge on any atom is 0.308 e. The molecule has 1 N–H and O–H groups in total. The van der Waals surface area contributed by atoms with Crippen molar-refractivity contribution in [2.45, 2.75) is 114 Å². The van der Waals surface area contributed by atoms with Gasteiger partial charge >= 0.3 is 11.9 Å². The normalized spacial score (nSPS) is 14.5. The van der Waals surface area contributed by atoms with Crippen molar-refractivity contribution in [1.82, 2.24) is 9.80 Å². The molecule has 2 rings (SSSR count). The van der Waals surface area contributed by atoms with Crippen molar-refractivity contribution < 1.29 is 38.5 Å². The van der Waals surface area contributed by atoms with Crippen LogP contribution in [0, 0.1) is 11.8 Å². The number of hydrogen-bond donors (Lipinski definition) is 1. The van der Waals surface area contributed by atoms with Crippen LogP contribution in [0.3, 0.4) is 0 Å². The van der Waals surface area contributed by atoms with E-state index in [4.69, 9.17) is 9.84 Å². The summed E-state index contributed by atoms with van der Waals surface area (Å²) >= 11 is 0. The van der Waals surface area contributed by atoms with Gasteiger partial charge in [-0.25, -0.2) is 0 Å². The van der Waals surface area contributed by atoms with Crippen LogP contribution in [0.5, 0.6) is 0 Å². The highest BCUT2D eigenvalue weighted by atomic mass is 16.5. The molecule has 0 spiro atoms. The van der Waals surface area contributed by atoms with Crippen molar-refractivity contribution in [3.63, 3.8) is 0 Å². The van der Waals surface area contributed by atoms with Crippen molar-refractivity contribution in [2.24, 2.45) is 11.8 Å². The molecule has 10 nitrogen and oxygen atoms in total. The Morgan fingerprint density at radius 3 is 1.59 bits per heavy atom. The van der Waals surface area contributed by atoms with Gasteiger partial charge < -0.3 is 29.1 Å². The highest BCUT2D eigenvalue weighted by molar-refractivity contribution is 5.78. The Hall–Kier alpha value is -2.20. The first kappa shape index (κ1) is 41.3. The van der Waals surface area contributed by atoms with E-state index in [1.165, 1.54) is 6.92 Å². The average molecular weight is 563 g/mol. The van der Waals surface area contributed by atoms with Gasteiger partial charge in [0.15, 0.2) is 0 Å². The monoisotopic (exact) mass is 562 g/mol. The molecule has 0 unspecified atom stereocenters. The maximum absolute atomic E-state index is 11.4. The summed E-state index contributed by atoms with van der Waals surface area (Å²) < 4.78 is 14.4. The highest BCUT2D eigenvalue weighted by Gasteiger charge is 2.21. The van der Waals surface area contributed by atoms with Crippen molar-refractivity contribution in [3.8, 4) is 0 Å². The first-order valence-electron chi connectivity index (χ1n) is 14.2. The van der Waals surface area contributed by atoms with E-state index in [0.29, 0.717) is 31.8 Å². The van der Waals surface area contributed by atoms with E-state index in [2.05, 4.69) is 23.3 Å². The molecule has 0 aromatic rings. The third kappa shape index (κ3) is 27.2. The lowest BCUT2D eigenvalue weighted by molar-refractivity contribution is -0.147. The number of aliphatic hydroxyl groups is 1. The summed E-state index contributed by atoms with van der Waals surface area (Å²) in [5.41, 5.74) is 0. The molecule has 0 aromatic heterocycles. The number of aliphatic hydroxyl groups excluding tert-OH is 1. The largest absolute Gasteiger partial charge is 0.466 e. The van der Waals surface area contributed by atoms with Crippen LogP contribution in [-0.2, 0) is 33.4 Å². The van der Waals surface area contributed by atoms with Crippen LogP contribution in [0.25, 0.3) is 0 Å². The molecule has 2 aliphatic rings. The summed E-state index contributed by atoms with van der Waals surface area (Å²) in [6.45, 7) is 26.3. The van der Waals surface area contributed by atoms with Crippen molar-refractivity contribution >= 4 is 23.8 Å². The number of ether oxygens (including phenoxy) is 3. The van der Waals surface area contributed by atoms with Crippen LogP contribution in [0.1, 0.15) is 95.9 Å². The molecule has 39 heavy (non-hydrogen) atoms. The SMILES string of the molecule is CC(=O)OC(C)C.CC(C)C(=O)N1CCOCC1.CC(C)N1CCCC1=O.CC(C)O.CCOC(=O)C(C)C. The number of hydrogen-bond acceptors (Lipinski definition) is 8. The zero-order valence-electron chi connectivity index (χ0n) is 26.7. The fraction of sp³-hybridized carbons (Fsp3) is 0.862. The van der Waals surface area contributed by atoms with Gasteiger partial charge in [-0.15, -0.1) is 0 Å². The summed E-state index contributed by atoms with van der Waals surface area (Å²) in [6.07, 6.45) is 1.67. The average Bonchev–Trinajstić information content (AvgIpc) is 3.25. The first-order valence-corrected chi connectivity index (χ1v) is 14.2. The Morgan fingerprint density at radius 2 is 1.38 bits per heavy atom. The van der Waals surface area contributed by atoms with E-state index in [1.54, 1.807) is 20.8 Å². The van der Waals surface area contributed by atoms with Crippen LogP contribution >= 0.6 is 0 Å². The molecule has 0 radical (unpaired) electrons. The summed E-state index contributed by atoms with van der Waals surface area (Å²) in [5, 5.41) is 8.06. The van der Waals surface area contributed by atoms with Gasteiger partial charge in [0.25, 0.3) is 0 Å². The van der Waals surface area contributed by atoms with Gasteiger partial charge in [0.2, 0.25) is 11.8 Å². The molecule has 2 amide bonds. The summed E-state index contributed by atoms with van der Waals surface area (Å²) in [5.74, 6) is 0.365. The number of esters is 2. The van der Waals surface area contributed by atoms with E-state index < -0.39 is 0 Å². The second-order valence-corrected chi connectivity index (χ2v) is 10.5. The number of likely N-dealkylation sites (tertiary alicyclic amines) is 1. The van der Waals surface area contributed by atoms with Crippen LogP contribution in [0.4, 0.5) is 0 Å². The molecule has 0 saturated carbocycles. The lowest BCUT2D eigenvalue weighted by Crippen LogP contribution is -2.42. The van der Waals surface area contributed by atoms with Crippen LogP contribution in [0.2, 0.25) is 0 Å². The van der Waals surface area contributed by atoms with Gasteiger partial charge in [-0.05, 0) is 54.9 Å². The third-order valence-corrected chi connectivity index (χ3v) is 4.71. The summed E-state index contributed by atoms with van der Waals surface area (Å²) in [6, 6.07) is 0.403. The fourth-order valence-electron chi connectivity index (χ4n) is 3.00. The molecular formula is C29H58N2O8. The Morgan fingerprint density at radius 1 is 0.897 bits per heavy atom. The van der Waals surface area contributed by atoms with Crippen LogP contribution < -0.4 is 0 Å². The molecular weight excluding hydrogens is 504 g/mol. The second-order valence-electron chi connectivity index (χ2n) is 10.5. The molecule has 0 aromatic carbocycles. The Labute approximate surface area is 237 Å². The van der Waals surface area contributed by atoms with Crippen molar-refractivity contribution in [1.29, 1.82) is 0 Å². The Bertz CT molecular complexity index is 655. The smallest absolute Gasteiger partial charge is 0.308 e. The molecule has 0 atom stereocenters. The molecule has 0 aliphatic carbocycles. The topological polar surface area (TPSA) is 123 Å². The van der Waals surface area contributed by atoms with Gasteiger partial charge in [-0.2, -0.15) is 0 Å². The van der Waals surface area contributed by atoms with Crippen LogP contribution in [-0.4, -0.2) is 96.4 Å². The minimum Gasteiger partial charge on any atom is -0.466 e. The third-order valence-electron chi connectivity index (χ3n) is 4.71.